The van der Waals surface area contributed by atoms with Crippen molar-refractivity contribution in [2.45, 2.75) is 6.92 Å². The van der Waals surface area contributed by atoms with Gasteiger partial charge in [-0.15, -0.1) is 0 Å². The molecular weight excluding hydrogens is 237 g/mol. The van der Waals surface area contributed by atoms with Crippen molar-refractivity contribution in [3.63, 3.8) is 0 Å². The van der Waals surface area contributed by atoms with E-state index in [2.05, 4.69) is 4.98 Å². The summed E-state index contributed by atoms with van der Waals surface area (Å²) in [7, 11) is 1.47. The molecule has 0 spiro atoms. The average Bonchev–Trinajstić information content (AvgIpc) is 2.14. The predicted octanol–water partition coefficient (Wildman–Crippen LogP) is 2.38. The minimum atomic E-state index is -0.378. The van der Waals surface area contributed by atoms with E-state index in [1.807, 2.05) is 0 Å². The van der Waals surface area contributed by atoms with Gasteiger partial charge in [-0.2, -0.15) is 0 Å². The van der Waals surface area contributed by atoms with Crippen molar-refractivity contribution in [1.82, 2.24) is 9.88 Å². The fourth-order valence-corrected chi connectivity index (χ4v) is 1.70. The van der Waals surface area contributed by atoms with E-state index in [4.69, 9.17) is 28.6 Å². The third-order valence-electron chi connectivity index (χ3n) is 1.87. The third kappa shape index (κ3) is 2.46. The summed E-state index contributed by atoms with van der Waals surface area (Å²) in [5, 5.41) is 7.26. The maximum absolute atomic E-state index is 11.7. The molecule has 0 fully saturated rings. The van der Waals surface area contributed by atoms with Gasteiger partial charge in [0.1, 0.15) is 10.3 Å². The molecule has 0 aliphatic carbocycles. The fraction of sp³-hybridized carbons (Fsp3) is 0.222. The number of halogens is 2. The van der Waals surface area contributed by atoms with Crippen molar-refractivity contribution in [2.24, 2.45) is 0 Å². The first-order chi connectivity index (χ1) is 6.97. The molecule has 1 heterocycles. The highest BCUT2D eigenvalue weighted by molar-refractivity contribution is 6.35. The summed E-state index contributed by atoms with van der Waals surface area (Å²) in [5.41, 5.74) is 0.908. The molecule has 0 radical (unpaired) electrons. The molecule has 0 bridgehead atoms. The van der Waals surface area contributed by atoms with Crippen LogP contribution in [-0.2, 0) is 0 Å². The van der Waals surface area contributed by atoms with Gasteiger partial charge in [0.25, 0.3) is 5.91 Å². The molecule has 1 amide bonds. The molecule has 80 valence electrons. The standard InChI is InChI=1S/C9H9Cl2N3O/c1-5-3-6(10)13-8(11)7(5)9(15)14(2)4-12/h3-4,12H,1-2H3. The second kappa shape index (κ2) is 4.59. The van der Waals surface area contributed by atoms with Crippen LogP contribution in [0, 0.1) is 12.3 Å². The molecule has 1 aromatic rings. The van der Waals surface area contributed by atoms with E-state index >= 15 is 0 Å². The van der Waals surface area contributed by atoms with Gasteiger partial charge in [-0.1, -0.05) is 23.2 Å². The zero-order valence-electron chi connectivity index (χ0n) is 8.21. The zero-order valence-corrected chi connectivity index (χ0v) is 9.73. The van der Waals surface area contributed by atoms with Crippen LogP contribution in [0.25, 0.3) is 0 Å². The number of aromatic nitrogens is 1. The van der Waals surface area contributed by atoms with Crippen LogP contribution >= 0.6 is 23.2 Å². The van der Waals surface area contributed by atoms with E-state index in [1.165, 1.54) is 7.05 Å². The first-order valence-electron chi connectivity index (χ1n) is 4.07. The number of nitrogens with zero attached hydrogens (tertiary/aromatic N) is 2. The minimum Gasteiger partial charge on any atom is -0.302 e. The van der Waals surface area contributed by atoms with Gasteiger partial charge < -0.3 is 4.90 Å². The topological polar surface area (TPSA) is 57.1 Å². The van der Waals surface area contributed by atoms with Crippen molar-refractivity contribution in [3.05, 3.63) is 27.5 Å². The molecule has 0 aromatic carbocycles. The number of carbonyl (C=O) groups is 1. The van der Waals surface area contributed by atoms with E-state index in [0.717, 1.165) is 11.2 Å². The SMILES string of the molecule is Cc1cc(Cl)nc(Cl)c1C(=O)N(C)C=N. The Labute approximate surface area is 97.3 Å². The van der Waals surface area contributed by atoms with Gasteiger partial charge in [0.05, 0.1) is 11.9 Å². The first kappa shape index (κ1) is 11.9. The lowest BCUT2D eigenvalue weighted by atomic mass is 10.1. The molecule has 0 atom stereocenters. The molecule has 6 heteroatoms. The van der Waals surface area contributed by atoms with E-state index in [9.17, 15) is 4.79 Å². The average molecular weight is 246 g/mol. The summed E-state index contributed by atoms with van der Waals surface area (Å²) in [6.07, 6.45) is 0.909. The summed E-state index contributed by atoms with van der Waals surface area (Å²) in [5.74, 6) is -0.378. The van der Waals surface area contributed by atoms with Gasteiger partial charge >= 0.3 is 0 Å². The number of carbonyl (C=O) groups excluding carboxylic acids is 1. The van der Waals surface area contributed by atoms with Crippen LogP contribution in [0.15, 0.2) is 6.07 Å². The van der Waals surface area contributed by atoms with E-state index < -0.39 is 0 Å². The van der Waals surface area contributed by atoms with E-state index in [0.29, 0.717) is 5.56 Å². The molecule has 0 aliphatic heterocycles. The predicted molar refractivity (Wildman–Crippen MR) is 59.9 cm³/mol. The lowest BCUT2D eigenvalue weighted by Crippen LogP contribution is -2.26. The monoisotopic (exact) mass is 245 g/mol. The van der Waals surface area contributed by atoms with Crippen molar-refractivity contribution < 1.29 is 4.79 Å². The molecule has 0 unspecified atom stereocenters. The van der Waals surface area contributed by atoms with Gasteiger partial charge in [0, 0.05) is 7.05 Å². The van der Waals surface area contributed by atoms with Crippen LogP contribution in [0.4, 0.5) is 0 Å². The maximum atomic E-state index is 11.7. The Morgan fingerprint density at radius 1 is 1.60 bits per heavy atom. The zero-order chi connectivity index (χ0) is 11.6. The van der Waals surface area contributed by atoms with Gasteiger partial charge in [-0.3, -0.25) is 10.2 Å². The number of aryl methyl sites for hydroxylation is 1. The van der Waals surface area contributed by atoms with Crippen LogP contribution < -0.4 is 0 Å². The highest BCUT2D eigenvalue weighted by Gasteiger charge is 2.18. The Kier molecular flexibility index (Phi) is 3.66. The molecular formula is C9H9Cl2N3O. The van der Waals surface area contributed by atoms with Crippen molar-refractivity contribution in [3.8, 4) is 0 Å². The van der Waals surface area contributed by atoms with Crippen molar-refractivity contribution in [1.29, 1.82) is 5.41 Å². The molecule has 1 rings (SSSR count). The van der Waals surface area contributed by atoms with Gasteiger partial charge in [-0.25, -0.2) is 4.98 Å². The van der Waals surface area contributed by atoms with Gasteiger partial charge in [0.15, 0.2) is 0 Å². The smallest absolute Gasteiger partial charge is 0.262 e. The quantitative estimate of drug-likeness (QED) is 0.494. The molecule has 4 nitrogen and oxygen atoms in total. The molecule has 1 N–H and O–H groups in total. The van der Waals surface area contributed by atoms with Crippen molar-refractivity contribution >= 4 is 35.4 Å². The van der Waals surface area contributed by atoms with Crippen LogP contribution in [0.1, 0.15) is 15.9 Å². The number of amides is 1. The number of rotatable bonds is 2. The summed E-state index contributed by atoms with van der Waals surface area (Å²) in [6.45, 7) is 1.71. The third-order valence-corrected chi connectivity index (χ3v) is 2.34. The molecule has 0 saturated heterocycles. The number of hydrogen-bond donors (Lipinski definition) is 1. The Morgan fingerprint density at radius 3 is 2.67 bits per heavy atom. The van der Waals surface area contributed by atoms with Crippen LogP contribution in [0.2, 0.25) is 10.3 Å². The number of hydrogen-bond acceptors (Lipinski definition) is 3. The van der Waals surface area contributed by atoms with Gasteiger partial charge in [0.2, 0.25) is 0 Å². The first-order valence-corrected chi connectivity index (χ1v) is 4.83. The second-order valence-electron chi connectivity index (χ2n) is 2.97. The molecule has 0 aliphatic rings. The lowest BCUT2D eigenvalue weighted by molar-refractivity contribution is 0.0874. The van der Waals surface area contributed by atoms with Crippen LogP contribution in [0.5, 0.6) is 0 Å². The summed E-state index contributed by atoms with van der Waals surface area (Å²) in [6, 6.07) is 1.55. The number of pyridine rings is 1. The Morgan fingerprint density at radius 2 is 2.20 bits per heavy atom. The second-order valence-corrected chi connectivity index (χ2v) is 3.72. The fourth-order valence-electron chi connectivity index (χ4n) is 1.09. The number of nitrogens with one attached hydrogen (secondary N) is 1. The Hall–Kier alpha value is -1.13. The van der Waals surface area contributed by atoms with Gasteiger partial charge in [-0.05, 0) is 18.6 Å². The van der Waals surface area contributed by atoms with E-state index in [-0.39, 0.29) is 21.8 Å². The highest BCUT2D eigenvalue weighted by atomic mass is 35.5. The highest BCUT2D eigenvalue weighted by Crippen LogP contribution is 2.22. The Bertz CT molecular complexity index is 397. The summed E-state index contributed by atoms with van der Waals surface area (Å²) in [4.78, 5) is 16.6. The van der Waals surface area contributed by atoms with Crippen LogP contribution in [-0.4, -0.2) is 29.2 Å². The van der Waals surface area contributed by atoms with Crippen LogP contribution in [0.3, 0.4) is 0 Å². The maximum Gasteiger partial charge on any atom is 0.262 e. The van der Waals surface area contributed by atoms with E-state index in [1.54, 1.807) is 13.0 Å². The minimum absolute atomic E-state index is 0.0544. The summed E-state index contributed by atoms with van der Waals surface area (Å²) < 4.78 is 0. The Balaban J connectivity index is 3.25. The summed E-state index contributed by atoms with van der Waals surface area (Å²) >= 11 is 11.5. The van der Waals surface area contributed by atoms with Crippen molar-refractivity contribution in [2.75, 3.05) is 7.05 Å². The molecule has 0 saturated carbocycles. The normalized spacial score (nSPS) is 9.87. The largest absolute Gasteiger partial charge is 0.302 e. The lowest BCUT2D eigenvalue weighted by Gasteiger charge is -2.13. The molecule has 15 heavy (non-hydrogen) atoms. The molecule has 1 aromatic heterocycles.